The number of hydrogen-bond acceptors (Lipinski definition) is 4. The van der Waals surface area contributed by atoms with Crippen LogP contribution in [0.25, 0.3) is 0 Å². The summed E-state index contributed by atoms with van der Waals surface area (Å²) in [5.41, 5.74) is 6.37. The third-order valence-electron chi connectivity index (χ3n) is 4.19. The molecule has 0 saturated heterocycles. The van der Waals surface area contributed by atoms with Crippen molar-refractivity contribution < 1.29 is 13.9 Å². The van der Waals surface area contributed by atoms with Crippen LogP contribution in [0.5, 0.6) is 5.75 Å². The summed E-state index contributed by atoms with van der Waals surface area (Å²) in [5, 5.41) is 3.24. The molecule has 1 aliphatic carbocycles. The van der Waals surface area contributed by atoms with E-state index in [0.717, 1.165) is 6.42 Å². The van der Waals surface area contributed by atoms with Gasteiger partial charge in [0, 0.05) is 30.2 Å². The largest absolute Gasteiger partial charge is 0.495 e. The molecule has 2 atom stereocenters. The third-order valence-corrected chi connectivity index (χ3v) is 4.19. The molecule has 1 aromatic carbocycles. The van der Waals surface area contributed by atoms with Crippen LogP contribution in [-0.2, 0) is 4.74 Å². The van der Waals surface area contributed by atoms with Gasteiger partial charge in [0.05, 0.1) is 24.6 Å². The topological polar surface area (TPSA) is 56.5 Å². The zero-order chi connectivity index (χ0) is 14.9. The average Bonchev–Trinajstić information content (AvgIpc) is 2.40. The molecule has 1 aromatic rings. The van der Waals surface area contributed by atoms with Gasteiger partial charge >= 0.3 is 0 Å². The van der Waals surface area contributed by atoms with Gasteiger partial charge in [-0.2, -0.15) is 0 Å². The second-order valence-corrected chi connectivity index (χ2v) is 5.77. The van der Waals surface area contributed by atoms with Gasteiger partial charge in [-0.05, 0) is 13.3 Å². The molecule has 5 heteroatoms. The van der Waals surface area contributed by atoms with Crippen molar-refractivity contribution in [3.63, 3.8) is 0 Å². The first-order valence-corrected chi connectivity index (χ1v) is 6.91. The van der Waals surface area contributed by atoms with E-state index in [9.17, 15) is 4.39 Å². The molecular weight excluding hydrogens is 259 g/mol. The van der Waals surface area contributed by atoms with E-state index >= 15 is 0 Å². The van der Waals surface area contributed by atoms with Gasteiger partial charge in [-0.15, -0.1) is 0 Å². The third kappa shape index (κ3) is 2.54. The van der Waals surface area contributed by atoms with Gasteiger partial charge in [0.25, 0.3) is 0 Å². The summed E-state index contributed by atoms with van der Waals surface area (Å²) in [6, 6.07) is 3.06. The second kappa shape index (κ2) is 5.48. The molecule has 0 radical (unpaired) electrons. The Labute approximate surface area is 119 Å². The van der Waals surface area contributed by atoms with Crippen LogP contribution in [0.2, 0.25) is 0 Å². The molecule has 0 aromatic heterocycles. The number of methoxy groups -OCH3 is 1. The van der Waals surface area contributed by atoms with Crippen molar-refractivity contribution >= 4 is 11.4 Å². The van der Waals surface area contributed by atoms with Crippen molar-refractivity contribution in [2.45, 2.75) is 39.3 Å². The molecule has 20 heavy (non-hydrogen) atoms. The van der Waals surface area contributed by atoms with Gasteiger partial charge in [0.1, 0.15) is 11.6 Å². The first-order valence-electron chi connectivity index (χ1n) is 6.91. The van der Waals surface area contributed by atoms with Gasteiger partial charge in [-0.3, -0.25) is 0 Å². The van der Waals surface area contributed by atoms with Crippen molar-refractivity contribution in [1.29, 1.82) is 0 Å². The van der Waals surface area contributed by atoms with Crippen molar-refractivity contribution in [3.8, 4) is 5.75 Å². The number of hydrogen-bond donors (Lipinski definition) is 2. The minimum Gasteiger partial charge on any atom is -0.495 e. The molecule has 1 fully saturated rings. The summed E-state index contributed by atoms with van der Waals surface area (Å²) in [4.78, 5) is 0. The Morgan fingerprint density at radius 1 is 1.45 bits per heavy atom. The van der Waals surface area contributed by atoms with E-state index in [1.807, 2.05) is 6.92 Å². The van der Waals surface area contributed by atoms with Crippen LogP contribution >= 0.6 is 0 Å². The Morgan fingerprint density at radius 2 is 2.15 bits per heavy atom. The lowest BCUT2D eigenvalue weighted by Crippen LogP contribution is -2.58. The van der Waals surface area contributed by atoms with E-state index in [1.165, 1.54) is 13.2 Å². The summed E-state index contributed by atoms with van der Waals surface area (Å²) < 4.78 is 24.8. The maximum Gasteiger partial charge on any atom is 0.148 e. The SMILES string of the molecule is CCOC1CC(Nc2cc(OC)c(N)cc2F)C1(C)C. The van der Waals surface area contributed by atoms with Crippen molar-refractivity contribution in [1.82, 2.24) is 0 Å². The molecule has 0 heterocycles. The highest BCUT2D eigenvalue weighted by Gasteiger charge is 2.49. The number of nitrogen functional groups attached to an aromatic ring is 1. The minimum atomic E-state index is -0.362. The van der Waals surface area contributed by atoms with Crippen LogP contribution in [0.3, 0.4) is 0 Å². The van der Waals surface area contributed by atoms with E-state index in [0.29, 0.717) is 23.7 Å². The number of anilines is 2. The van der Waals surface area contributed by atoms with Crippen LogP contribution in [0, 0.1) is 11.2 Å². The van der Waals surface area contributed by atoms with E-state index in [-0.39, 0.29) is 23.4 Å². The zero-order valence-electron chi connectivity index (χ0n) is 12.5. The highest BCUT2D eigenvalue weighted by atomic mass is 19.1. The number of rotatable bonds is 5. The fourth-order valence-electron chi connectivity index (χ4n) is 2.66. The van der Waals surface area contributed by atoms with Crippen LogP contribution < -0.4 is 15.8 Å². The molecule has 4 nitrogen and oxygen atoms in total. The molecule has 0 spiro atoms. The lowest BCUT2D eigenvalue weighted by Gasteiger charge is -2.52. The molecule has 1 saturated carbocycles. The molecule has 0 bridgehead atoms. The van der Waals surface area contributed by atoms with Crippen molar-refractivity contribution in [2.24, 2.45) is 5.41 Å². The quantitative estimate of drug-likeness (QED) is 0.815. The molecule has 112 valence electrons. The molecule has 0 amide bonds. The first-order chi connectivity index (χ1) is 9.40. The molecule has 3 N–H and O–H groups in total. The second-order valence-electron chi connectivity index (χ2n) is 5.77. The van der Waals surface area contributed by atoms with E-state index in [2.05, 4.69) is 19.2 Å². The Hall–Kier alpha value is -1.49. The summed E-state index contributed by atoms with van der Waals surface area (Å²) in [6.07, 6.45) is 1.08. The fraction of sp³-hybridized carbons (Fsp3) is 0.600. The van der Waals surface area contributed by atoms with Crippen molar-refractivity contribution in [2.75, 3.05) is 24.8 Å². The summed E-state index contributed by atoms with van der Waals surface area (Å²) >= 11 is 0. The standard InChI is InChI=1S/C15H23FN2O2/c1-5-20-14-8-13(15(14,2)3)18-11-7-12(19-4)10(17)6-9(11)16/h6-7,13-14,18H,5,8,17H2,1-4H3. The Bertz CT molecular complexity index is 491. The minimum absolute atomic E-state index is 0.0307. The van der Waals surface area contributed by atoms with E-state index in [4.69, 9.17) is 15.2 Å². The lowest BCUT2D eigenvalue weighted by molar-refractivity contribution is -0.0976. The Morgan fingerprint density at radius 3 is 2.70 bits per heavy atom. The van der Waals surface area contributed by atoms with E-state index in [1.54, 1.807) is 6.07 Å². The van der Waals surface area contributed by atoms with E-state index < -0.39 is 0 Å². The van der Waals surface area contributed by atoms with Crippen LogP contribution in [-0.4, -0.2) is 25.9 Å². The summed E-state index contributed by atoms with van der Waals surface area (Å²) in [6.45, 7) is 6.94. The number of nitrogens with one attached hydrogen (secondary N) is 1. The molecule has 0 aliphatic heterocycles. The smallest absolute Gasteiger partial charge is 0.148 e. The Balaban J connectivity index is 2.12. The molecule has 1 aliphatic rings. The summed E-state index contributed by atoms with van der Waals surface area (Å²) in [7, 11) is 1.52. The van der Waals surface area contributed by atoms with Gasteiger partial charge in [-0.25, -0.2) is 4.39 Å². The first kappa shape index (κ1) is 14.9. The van der Waals surface area contributed by atoms with Gasteiger partial charge < -0.3 is 20.5 Å². The predicted molar refractivity (Wildman–Crippen MR) is 78.6 cm³/mol. The van der Waals surface area contributed by atoms with Crippen LogP contribution in [0.15, 0.2) is 12.1 Å². The number of ether oxygens (including phenoxy) is 2. The number of nitrogens with two attached hydrogens (primary N) is 1. The fourth-order valence-corrected chi connectivity index (χ4v) is 2.66. The highest BCUT2D eigenvalue weighted by Crippen LogP contribution is 2.45. The summed E-state index contributed by atoms with van der Waals surface area (Å²) in [5.74, 6) is 0.117. The van der Waals surface area contributed by atoms with Gasteiger partial charge in [0.2, 0.25) is 0 Å². The van der Waals surface area contributed by atoms with Crippen molar-refractivity contribution in [3.05, 3.63) is 17.9 Å². The predicted octanol–water partition coefficient (Wildman–Crippen LogP) is 3.03. The molecule has 2 rings (SSSR count). The number of benzene rings is 1. The lowest BCUT2D eigenvalue weighted by atomic mass is 9.64. The zero-order valence-corrected chi connectivity index (χ0v) is 12.5. The van der Waals surface area contributed by atoms with Crippen LogP contribution in [0.4, 0.5) is 15.8 Å². The normalized spacial score (nSPS) is 24.1. The monoisotopic (exact) mass is 282 g/mol. The van der Waals surface area contributed by atoms with Gasteiger partial charge in [0.15, 0.2) is 0 Å². The maximum absolute atomic E-state index is 14.0. The molecule has 2 unspecified atom stereocenters. The van der Waals surface area contributed by atoms with Gasteiger partial charge in [-0.1, -0.05) is 13.8 Å². The average molecular weight is 282 g/mol. The highest BCUT2D eigenvalue weighted by molar-refractivity contribution is 5.62. The Kier molecular flexibility index (Phi) is 4.09. The molecular formula is C15H23FN2O2. The maximum atomic E-state index is 14.0. The van der Waals surface area contributed by atoms with Crippen LogP contribution in [0.1, 0.15) is 27.2 Å². The number of halogens is 1.